The molecule has 3 aromatic carbocycles. The van der Waals surface area contributed by atoms with E-state index in [1.54, 1.807) is 12.1 Å². The summed E-state index contributed by atoms with van der Waals surface area (Å²) in [5.74, 6) is 0.100. The first kappa shape index (κ1) is 18.5. The Morgan fingerprint density at radius 1 is 1.07 bits per heavy atom. The molecular formula is C21H17ClN2O3. The van der Waals surface area contributed by atoms with E-state index in [9.17, 15) is 9.90 Å². The molecular weight excluding hydrogens is 364 g/mol. The second-order valence-corrected chi connectivity index (χ2v) is 6.14. The maximum absolute atomic E-state index is 12.0. The SMILES string of the molecule is O=C(N/N=C\c1cccc(OCc2ccc(Cl)cc2)c1)c1ccccc1O. The van der Waals surface area contributed by atoms with Crippen molar-refractivity contribution in [3.63, 3.8) is 0 Å². The minimum Gasteiger partial charge on any atom is -0.507 e. The van der Waals surface area contributed by atoms with Gasteiger partial charge in [0.15, 0.2) is 0 Å². The number of ether oxygens (including phenoxy) is 1. The van der Waals surface area contributed by atoms with Gasteiger partial charge >= 0.3 is 0 Å². The molecule has 0 radical (unpaired) electrons. The smallest absolute Gasteiger partial charge is 0.275 e. The van der Waals surface area contributed by atoms with Gasteiger partial charge in [0.25, 0.3) is 5.91 Å². The van der Waals surface area contributed by atoms with Gasteiger partial charge in [0.1, 0.15) is 18.1 Å². The topological polar surface area (TPSA) is 70.9 Å². The highest BCUT2D eigenvalue weighted by atomic mass is 35.5. The molecule has 0 aromatic heterocycles. The average molecular weight is 381 g/mol. The van der Waals surface area contributed by atoms with Crippen molar-refractivity contribution in [3.05, 3.63) is 94.5 Å². The molecule has 27 heavy (non-hydrogen) atoms. The number of carbonyl (C=O) groups excluding carboxylic acids is 1. The van der Waals surface area contributed by atoms with Crippen LogP contribution in [0.3, 0.4) is 0 Å². The molecule has 0 fully saturated rings. The molecule has 0 unspecified atom stereocenters. The highest BCUT2D eigenvalue weighted by Crippen LogP contribution is 2.16. The molecule has 0 heterocycles. The maximum Gasteiger partial charge on any atom is 0.275 e. The molecule has 0 atom stereocenters. The van der Waals surface area contributed by atoms with Crippen LogP contribution in [0.4, 0.5) is 0 Å². The number of para-hydroxylation sites is 1. The molecule has 0 bridgehead atoms. The van der Waals surface area contributed by atoms with Crippen molar-refractivity contribution < 1.29 is 14.6 Å². The molecule has 6 heteroatoms. The lowest BCUT2D eigenvalue weighted by molar-refractivity contribution is 0.0952. The van der Waals surface area contributed by atoms with Gasteiger partial charge in [-0.2, -0.15) is 5.10 Å². The van der Waals surface area contributed by atoms with Crippen LogP contribution in [0.2, 0.25) is 5.02 Å². The van der Waals surface area contributed by atoms with Gasteiger partial charge in [-0.05, 0) is 47.5 Å². The Bertz CT molecular complexity index is 956. The average Bonchev–Trinajstić information content (AvgIpc) is 2.68. The number of amides is 1. The van der Waals surface area contributed by atoms with Crippen LogP contribution in [0.5, 0.6) is 11.5 Å². The van der Waals surface area contributed by atoms with Gasteiger partial charge in [0.05, 0.1) is 11.8 Å². The number of nitrogens with zero attached hydrogens (tertiary/aromatic N) is 1. The highest BCUT2D eigenvalue weighted by Gasteiger charge is 2.08. The summed E-state index contributed by atoms with van der Waals surface area (Å²) in [6.45, 7) is 0.418. The van der Waals surface area contributed by atoms with Gasteiger partial charge in [-0.1, -0.05) is 48.0 Å². The van der Waals surface area contributed by atoms with E-state index in [1.807, 2.05) is 48.5 Å². The van der Waals surface area contributed by atoms with E-state index in [4.69, 9.17) is 16.3 Å². The van der Waals surface area contributed by atoms with Crippen LogP contribution in [0.25, 0.3) is 0 Å². The Morgan fingerprint density at radius 3 is 2.63 bits per heavy atom. The number of hydrogen-bond acceptors (Lipinski definition) is 4. The zero-order valence-electron chi connectivity index (χ0n) is 14.3. The Kier molecular flexibility index (Phi) is 6.07. The fraction of sp³-hybridized carbons (Fsp3) is 0.0476. The predicted octanol–water partition coefficient (Wildman–Crippen LogP) is 4.39. The first-order valence-electron chi connectivity index (χ1n) is 8.20. The summed E-state index contributed by atoms with van der Waals surface area (Å²) in [6.07, 6.45) is 1.51. The molecule has 0 spiro atoms. The molecule has 3 rings (SSSR count). The molecule has 0 aliphatic heterocycles. The number of aromatic hydroxyl groups is 1. The number of carbonyl (C=O) groups is 1. The zero-order valence-corrected chi connectivity index (χ0v) is 15.1. The fourth-order valence-corrected chi connectivity index (χ4v) is 2.45. The van der Waals surface area contributed by atoms with Crippen molar-refractivity contribution in [1.82, 2.24) is 5.43 Å². The van der Waals surface area contributed by atoms with Gasteiger partial charge in [-0.25, -0.2) is 5.43 Å². The minimum atomic E-state index is -0.487. The van der Waals surface area contributed by atoms with Crippen LogP contribution in [0.15, 0.2) is 77.9 Å². The van der Waals surface area contributed by atoms with Crippen LogP contribution < -0.4 is 10.2 Å². The number of phenols is 1. The van der Waals surface area contributed by atoms with Crippen molar-refractivity contribution in [2.24, 2.45) is 5.10 Å². The summed E-state index contributed by atoms with van der Waals surface area (Å²) < 4.78 is 5.76. The van der Waals surface area contributed by atoms with Crippen molar-refractivity contribution >= 4 is 23.7 Å². The quantitative estimate of drug-likeness (QED) is 0.492. The summed E-state index contributed by atoms with van der Waals surface area (Å²) >= 11 is 5.87. The minimum absolute atomic E-state index is 0.0946. The summed E-state index contributed by atoms with van der Waals surface area (Å²) in [4.78, 5) is 12.0. The number of phenolic OH excluding ortho intramolecular Hbond substituents is 1. The van der Waals surface area contributed by atoms with E-state index in [2.05, 4.69) is 10.5 Å². The summed E-state index contributed by atoms with van der Waals surface area (Å²) in [5, 5.41) is 14.3. The third kappa shape index (κ3) is 5.33. The Labute approximate surface area is 161 Å². The van der Waals surface area contributed by atoms with Crippen molar-refractivity contribution in [2.75, 3.05) is 0 Å². The van der Waals surface area contributed by atoms with Crippen LogP contribution >= 0.6 is 11.6 Å². The van der Waals surface area contributed by atoms with Gasteiger partial charge in [0, 0.05) is 5.02 Å². The van der Waals surface area contributed by atoms with Crippen LogP contribution in [0.1, 0.15) is 21.5 Å². The molecule has 0 aliphatic rings. The van der Waals surface area contributed by atoms with E-state index >= 15 is 0 Å². The number of halogens is 1. The Balaban J connectivity index is 1.58. The monoisotopic (exact) mass is 380 g/mol. The lowest BCUT2D eigenvalue weighted by Crippen LogP contribution is -2.17. The molecule has 5 nitrogen and oxygen atoms in total. The predicted molar refractivity (Wildman–Crippen MR) is 105 cm³/mol. The summed E-state index contributed by atoms with van der Waals surface area (Å²) in [5.41, 5.74) is 4.32. The van der Waals surface area contributed by atoms with Crippen LogP contribution in [-0.4, -0.2) is 17.2 Å². The molecule has 3 aromatic rings. The maximum atomic E-state index is 12.0. The molecule has 136 valence electrons. The molecule has 0 aliphatic carbocycles. The second-order valence-electron chi connectivity index (χ2n) is 5.70. The van der Waals surface area contributed by atoms with Gasteiger partial charge < -0.3 is 9.84 Å². The van der Waals surface area contributed by atoms with E-state index in [-0.39, 0.29) is 11.3 Å². The third-order valence-corrected chi connectivity index (χ3v) is 3.96. The van der Waals surface area contributed by atoms with Crippen molar-refractivity contribution in [1.29, 1.82) is 0 Å². The number of nitrogens with one attached hydrogen (secondary N) is 1. The van der Waals surface area contributed by atoms with Gasteiger partial charge in [-0.15, -0.1) is 0 Å². The van der Waals surface area contributed by atoms with E-state index in [1.165, 1.54) is 18.3 Å². The van der Waals surface area contributed by atoms with Gasteiger partial charge in [-0.3, -0.25) is 4.79 Å². The Hall–Kier alpha value is -3.31. The third-order valence-electron chi connectivity index (χ3n) is 3.71. The standard InChI is InChI=1S/C21H17ClN2O3/c22-17-10-8-15(9-11-17)14-27-18-5-3-4-16(12-18)13-23-24-21(26)19-6-1-2-7-20(19)25/h1-13,25H,14H2,(H,24,26)/b23-13-. The fourth-order valence-electron chi connectivity index (χ4n) is 2.32. The largest absolute Gasteiger partial charge is 0.507 e. The molecule has 0 saturated carbocycles. The van der Waals surface area contributed by atoms with Crippen molar-refractivity contribution in [2.45, 2.75) is 6.61 Å². The number of hydrogen-bond donors (Lipinski definition) is 2. The Morgan fingerprint density at radius 2 is 1.85 bits per heavy atom. The summed E-state index contributed by atoms with van der Waals surface area (Å²) in [6, 6.07) is 21.0. The number of hydrazone groups is 1. The lowest BCUT2D eigenvalue weighted by Gasteiger charge is -2.07. The van der Waals surface area contributed by atoms with Crippen LogP contribution in [0, 0.1) is 0 Å². The van der Waals surface area contributed by atoms with Crippen LogP contribution in [-0.2, 0) is 6.61 Å². The molecule has 1 amide bonds. The van der Waals surface area contributed by atoms with E-state index < -0.39 is 5.91 Å². The molecule has 0 saturated heterocycles. The molecule has 2 N–H and O–H groups in total. The zero-order chi connectivity index (χ0) is 19.1. The first-order chi connectivity index (χ1) is 13.1. The number of benzene rings is 3. The normalized spacial score (nSPS) is 10.7. The summed E-state index contributed by atoms with van der Waals surface area (Å²) in [7, 11) is 0. The second kappa shape index (κ2) is 8.87. The first-order valence-corrected chi connectivity index (χ1v) is 8.58. The number of rotatable bonds is 6. The van der Waals surface area contributed by atoms with Crippen molar-refractivity contribution in [3.8, 4) is 11.5 Å². The van der Waals surface area contributed by atoms with E-state index in [0.29, 0.717) is 17.4 Å². The van der Waals surface area contributed by atoms with E-state index in [0.717, 1.165) is 11.1 Å². The lowest BCUT2D eigenvalue weighted by atomic mass is 10.2. The van der Waals surface area contributed by atoms with Gasteiger partial charge in [0.2, 0.25) is 0 Å². The highest BCUT2D eigenvalue weighted by molar-refractivity contribution is 6.30.